The Bertz CT molecular complexity index is 1650. The van der Waals surface area contributed by atoms with E-state index in [1.165, 1.54) is 31.3 Å². The first kappa shape index (κ1) is 30.8. The van der Waals surface area contributed by atoms with E-state index >= 15 is 0 Å². The van der Waals surface area contributed by atoms with E-state index in [-0.39, 0.29) is 12.2 Å². The third-order valence-corrected chi connectivity index (χ3v) is 9.18. The molecule has 2 heterocycles. The first-order valence-corrected chi connectivity index (χ1v) is 16.5. The molecule has 0 bridgehead atoms. The van der Waals surface area contributed by atoms with Crippen LogP contribution in [0.5, 0.6) is 11.5 Å². The second kappa shape index (κ2) is 15.7. The average Bonchev–Trinajstić information content (AvgIpc) is 3.77. The molecule has 0 fully saturated rings. The van der Waals surface area contributed by atoms with E-state index in [1.807, 2.05) is 7.05 Å². The molecule has 1 N–H and O–H groups in total. The quantitative estimate of drug-likeness (QED) is 0.150. The molecule has 0 aliphatic rings. The molecule has 0 unspecified atom stereocenters. The smallest absolute Gasteiger partial charge is 0.134 e. The Morgan fingerprint density at radius 3 is 1.56 bits per heavy atom. The molecule has 43 heavy (non-hydrogen) atoms. The molecule has 6 heteroatoms. The number of hydrogen-bond donors (Lipinski definition) is 1. The van der Waals surface area contributed by atoms with Gasteiger partial charge < -0.3 is 19.7 Å². The molecule has 4 nitrogen and oxygen atoms in total. The summed E-state index contributed by atoms with van der Waals surface area (Å²) in [6.45, 7) is 1.95. The maximum absolute atomic E-state index is 6.41. The van der Waals surface area contributed by atoms with Crippen LogP contribution in [-0.2, 0) is 0 Å². The second-order valence-corrected chi connectivity index (χ2v) is 12.6. The molecular weight excluding hydrogens is 569 g/mol. The zero-order valence-corrected chi connectivity index (χ0v) is 26.7. The predicted octanol–water partition coefficient (Wildman–Crippen LogP) is 9.60. The molecule has 222 valence electrons. The predicted molar refractivity (Wildman–Crippen MR) is 185 cm³/mol. The van der Waals surface area contributed by atoms with Crippen molar-refractivity contribution in [3.8, 4) is 11.5 Å². The monoisotopic (exact) mass is 608 g/mol. The molecule has 0 amide bonds. The number of nitrogens with zero attached hydrogens (tertiary/aromatic N) is 1. The van der Waals surface area contributed by atoms with Crippen molar-refractivity contribution in [1.29, 1.82) is 0 Å². The Kier molecular flexibility index (Phi) is 11.2. The fourth-order valence-corrected chi connectivity index (χ4v) is 6.60. The Balaban J connectivity index is 0.000000171. The minimum Gasteiger partial charge on any atom is -0.484 e. The zero-order chi connectivity index (χ0) is 29.9. The van der Waals surface area contributed by atoms with Gasteiger partial charge in [0.1, 0.15) is 23.7 Å². The molecule has 6 aromatic rings. The van der Waals surface area contributed by atoms with E-state index in [2.05, 4.69) is 144 Å². The number of thiophene rings is 2. The number of rotatable bonds is 12. The van der Waals surface area contributed by atoms with E-state index in [9.17, 15) is 0 Å². The summed E-state index contributed by atoms with van der Waals surface area (Å²) in [5, 5.41) is 12.2. The summed E-state index contributed by atoms with van der Waals surface area (Å²) in [6, 6.07) is 37.7. The third-order valence-electron chi connectivity index (χ3n) is 7.25. The molecule has 0 spiro atoms. The van der Waals surface area contributed by atoms with Gasteiger partial charge in [-0.15, -0.1) is 22.7 Å². The first-order valence-electron chi connectivity index (χ1n) is 14.8. The lowest BCUT2D eigenvalue weighted by Gasteiger charge is -2.21. The van der Waals surface area contributed by atoms with Gasteiger partial charge in [-0.3, -0.25) is 0 Å². The van der Waals surface area contributed by atoms with Crippen LogP contribution in [-0.4, -0.2) is 39.1 Å². The van der Waals surface area contributed by atoms with E-state index in [0.29, 0.717) is 0 Å². The van der Waals surface area contributed by atoms with Gasteiger partial charge in [-0.05, 0) is 73.5 Å². The number of benzene rings is 4. The summed E-state index contributed by atoms with van der Waals surface area (Å²) in [6.07, 6.45) is 2.15. The molecule has 0 radical (unpaired) electrons. The van der Waals surface area contributed by atoms with Crippen LogP contribution in [0.3, 0.4) is 0 Å². The summed E-state index contributed by atoms with van der Waals surface area (Å²) in [7, 11) is 6.18. The Morgan fingerprint density at radius 1 is 0.605 bits per heavy atom. The van der Waals surface area contributed by atoms with Crippen LogP contribution >= 0.6 is 22.7 Å². The standard InChI is InChI=1S/C19H21NOS.C18H19NOS/c1-20(2)13-12-18(19-11-6-14-22-19)21-17-10-5-8-15-7-3-4-9-16(15)17;1-19-12-11-17(18-10-5-13-21-18)20-16-9-4-7-14-6-2-3-8-15(14)16/h3-11,14,18H,12-13H2,1-2H3;2-10,13,17,19H,11-12H2,1H3/t18-;17-/m00/s1. The zero-order valence-electron chi connectivity index (χ0n) is 25.1. The van der Waals surface area contributed by atoms with Gasteiger partial charge in [-0.25, -0.2) is 0 Å². The molecule has 6 rings (SSSR count). The fraction of sp³-hybridized carbons (Fsp3) is 0.243. The highest BCUT2D eigenvalue weighted by Crippen LogP contribution is 2.34. The van der Waals surface area contributed by atoms with Crippen molar-refractivity contribution in [2.45, 2.75) is 25.0 Å². The Labute approximate surface area is 263 Å². The summed E-state index contributed by atoms with van der Waals surface area (Å²) in [4.78, 5) is 4.76. The van der Waals surface area contributed by atoms with Crippen molar-refractivity contribution in [1.82, 2.24) is 10.2 Å². The SMILES string of the molecule is CN(C)CC[C@H](Oc1cccc2ccccc12)c1cccs1.CNCC[C@H](Oc1cccc2ccccc12)c1cccs1. The van der Waals surface area contributed by atoms with Gasteiger partial charge in [0, 0.05) is 39.9 Å². The largest absolute Gasteiger partial charge is 0.484 e. The summed E-state index contributed by atoms with van der Waals surface area (Å²) in [5.41, 5.74) is 0. The van der Waals surface area contributed by atoms with Crippen LogP contribution in [0, 0.1) is 0 Å². The Morgan fingerprint density at radius 2 is 1.09 bits per heavy atom. The lowest BCUT2D eigenvalue weighted by atomic mass is 10.1. The van der Waals surface area contributed by atoms with E-state index in [0.717, 1.165) is 37.4 Å². The molecule has 2 aromatic heterocycles. The van der Waals surface area contributed by atoms with Crippen LogP contribution in [0.1, 0.15) is 34.8 Å². The van der Waals surface area contributed by atoms with Gasteiger partial charge in [0.05, 0.1) is 0 Å². The number of nitrogens with one attached hydrogen (secondary N) is 1. The van der Waals surface area contributed by atoms with Gasteiger partial charge in [0.2, 0.25) is 0 Å². The normalized spacial score (nSPS) is 12.6. The van der Waals surface area contributed by atoms with Crippen molar-refractivity contribution in [3.63, 3.8) is 0 Å². The van der Waals surface area contributed by atoms with Crippen LogP contribution in [0.15, 0.2) is 120 Å². The minimum absolute atomic E-state index is 0.100. The van der Waals surface area contributed by atoms with Crippen molar-refractivity contribution < 1.29 is 9.47 Å². The van der Waals surface area contributed by atoms with Gasteiger partial charge in [0.15, 0.2) is 0 Å². The fourth-order valence-electron chi connectivity index (χ4n) is 5.02. The van der Waals surface area contributed by atoms with Crippen molar-refractivity contribution >= 4 is 44.2 Å². The average molecular weight is 609 g/mol. The van der Waals surface area contributed by atoms with Crippen LogP contribution in [0.25, 0.3) is 21.5 Å². The summed E-state index contributed by atoms with van der Waals surface area (Å²) in [5.74, 6) is 1.93. The van der Waals surface area contributed by atoms with Crippen LogP contribution < -0.4 is 14.8 Å². The Hall–Kier alpha value is -3.68. The molecule has 0 aliphatic heterocycles. The first-order chi connectivity index (χ1) is 21.1. The highest BCUT2D eigenvalue weighted by Gasteiger charge is 2.17. The number of ether oxygens (including phenoxy) is 2. The van der Waals surface area contributed by atoms with Gasteiger partial charge in [0.25, 0.3) is 0 Å². The van der Waals surface area contributed by atoms with Crippen LogP contribution in [0.4, 0.5) is 0 Å². The van der Waals surface area contributed by atoms with Crippen LogP contribution in [0.2, 0.25) is 0 Å². The van der Waals surface area contributed by atoms with Crippen molar-refractivity contribution in [2.24, 2.45) is 0 Å². The minimum atomic E-state index is 0.100. The third kappa shape index (κ3) is 8.46. The van der Waals surface area contributed by atoms with Gasteiger partial charge in [-0.1, -0.05) is 84.9 Å². The maximum Gasteiger partial charge on any atom is 0.134 e. The van der Waals surface area contributed by atoms with Crippen molar-refractivity contribution in [3.05, 3.63) is 130 Å². The number of hydrogen-bond acceptors (Lipinski definition) is 6. The van der Waals surface area contributed by atoms with Crippen molar-refractivity contribution in [2.75, 3.05) is 34.2 Å². The maximum atomic E-state index is 6.41. The highest BCUT2D eigenvalue weighted by molar-refractivity contribution is 7.10. The lowest BCUT2D eigenvalue weighted by molar-refractivity contribution is 0.185. The molecular formula is C37H40N2O2S2. The van der Waals surface area contributed by atoms with E-state index < -0.39 is 0 Å². The molecule has 2 atom stereocenters. The van der Waals surface area contributed by atoms with Gasteiger partial charge in [-0.2, -0.15) is 0 Å². The molecule has 4 aromatic carbocycles. The van der Waals surface area contributed by atoms with E-state index in [1.54, 1.807) is 22.7 Å². The summed E-state index contributed by atoms with van der Waals surface area (Å²) < 4.78 is 12.8. The summed E-state index contributed by atoms with van der Waals surface area (Å²) >= 11 is 3.52. The van der Waals surface area contributed by atoms with Gasteiger partial charge >= 0.3 is 0 Å². The van der Waals surface area contributed by atoms with E-state index in [4.69, 9.17) is 9.47 Å². The topological polar surface area (TPSA) is 33.7 Å². The molecule has 0 saturated carbocycles. The second-order valence-electron chi connectivity index (χ2n) is 10.7. The molecule has 0 saturated heterocycles. The highest BCUT2D eigenvalue weighted by atomic mass is 32.1. The lowest BCUT2D eigenvalue weighted by Crippen LogP contribution is -2.18. The number of fused-ring (bicyclic) bond motifs is 2. The molecule has 0 aliphatic carbocycles.